The van der Waals surface area contributed by atoms with Crippen molar-refractivity contribution in [1.82, 2.24) is 25.3 Å². The predicted octanol–water partition coefficient (Wildman–Crippen LogP) is 2.24. The molecule has 34 heavy (non-hydrogen) atoms. The number of hydrogen-bond donors (Lipinski definition) is 2. The highest BCUT2D eigenvalue weighted by Crippen LogP contribution is 2.30. The van der Waals surface area contributed by atoms with Gasteiger partial charge < -0.3 is 10.1 Å². The number of carbonyl (C=O) groups is 3. The van der Waals surface area contributed by atoms with Gasteiger partial charge in [-0.25, -0.2) is 9.78 Å². The molecule has 3 aromatic rings. The zero-order valence-corrected chi connectivity index (χ0v) is 20.0. The summed E-state index contributed by atoms with van der Waals surface area (Å²) in [6, 6.07) is 7.70. The highest BCUT2D eigenvalue weighted by molar-refractivity contribution is 7.99. The SMILES string of the molecule is C=CCn1c(SCC(=O)NN2C(=O)NC(C)(c3cccc(OC)c3)C2=O)nc2sccc2c1=O. The molecule has 0 radical (unpaired) electrons. The molecule has 2 N–H and O–H groups in total. The van der Waals surface area contributed by atoms with Gasteiger partial charge in [0.15, 0.2) is 5.16 Å². The second-order valence-electron chi connectivity index (χ2n) is 7.49. The van der Waals surface area contributed by atoms with Gasteiger partial charge in [-0.2, -0.15) is 5.01 Å². The van der Waals surface area contributed by atoms with E-state index >= 15 is 0 Å². The summed E-state index contributed by atoms with van der Waals surface area (Å²) >= 11 is 2.35. The number of benzene rings is 1. The molecule has 4 rings (SSSR count). The van der Waals surface area contributed by atoms with E-state index in [0.717, 1.165) is 11.8 Å². The number of carbonyl (C=O) groups excluding carboxylic acids is 3. The van der Waals surface area contributed by atoms with Crippen molar-refractivity contribution in [3.05, 3.63) is 64.3 Å². The first kappa shape index (κ1) is 23.5. The van der Waals surface area contributed by atoms with Crippen LogP contribution in [0.2, 0.25) is 0 Å². The van der Waals surface area contributed by atoms with Gasteiger partial charge in [0.1, 0.15) is 16.1 Å². The van der Waals surface area contributed by atoms with Gasteiger partial charge in [0, 0.05) is 6.54 Å². The summed E-state index contributed by atoms with van der Waals surface area (Å²) in [6.45, 7) is 5.45. The fraction of sp³-hybridized carbons (Fsp3) is 0.227. The average molecular weight is 500 g/mol. The maximum atomic E-state index is 13.1. The third-order valence-corrected chi connectivity index (χ3v) is 7.05. The van der Waals surface area contributed by atoms with E-state index in [1.54, 1.807) is 48.7 Å². The lowest BCUT2D eigenvalue weighted by Crippen LogP contribution is -2.48. The molecule has 3 heterocycles. The first-order chi connectivity index (χ1) is 16.3. The third kappa shape index (κ3) is 4.17. The van der Waals surface area contributed by atoms with Crippen LogP contribution in [0.15, 0.2) is 58.3 Å². The van der Waals surface area contributed by atoms with Crippen LogP contribution in [-0.4, -0.2) is 45.3 Å². The van der Waals surface area contributed by atoms with Crippen molar-refractivity contribution in [3.8, 4) is 5.75 Å². The molecule has 1 atom stereocenters. The van der Waals surface area contributed by atoms with Crippen molar-refractivity contribution in [2.24, 2.45) is 0 Å². The number of rotatable bonds is 8. The van der Waals surface area contributed by atoms with Crippen LogP contribution < -0.4 is 21.0 Å². The Balaban J connectivity index is 1.49. The maximum Gasteiger partial charge on any atom is 0.344 e. The van der Waals surface area contributed by atoms with E-state index in [0.29, 0.717) is 31.7 Å². The first-order valence-electron chi connectivity index (χ1n) is 10.1. The van der Waals surface area contributed by atoms with Gasteiger partial charge in [0.05, 0.1) is 18.2 Å². The Morgan fingerprint density at radius 1 is 1.35 bits per heavy atom. The largest absolute Gasteiger partial charge is 0.497 e. The lowest BCUT2D eigenvalue weighted by molar-refractivity contribution is -0.138. The summed E-state index contributed by atoms with van der Waals surface area (Å²) in [6.07, 6.45) is 1.57. The fourth-order valence-corrected chi connectivity index (χ4v) is 5.09. The zero-order chi connectivity index (χ0) is 24.5. The van der Waals surface area contributed by atoms with Gasteiger partial charge in [-0.1, -0.05) is 30.0 Å². The number of thioether (sulfide) groups is 1. The second kappa shape index (κ2) is 9.31. The Kier molecular flexibility index (Phi) is 6.44. The molecule has 0 spiro atoms. The van der Waals surface area contributed by atoms with Crippen molar-refractivity contribution in [2.45, 2.75) is 24.2 Å². The van der Waals surface area contributed by atoms with Crippen molar-refractivity contribution in [1.29, 1.82) is 0 Å². The van der Waals surface area contributed by atoms with Gasteiger partial charge in [0.2, 0.25) is 5.91 Å². The number of thiophene rings is 1. The lowest BCUT2D eigenvalue weighted by Gasteiger charge is -2.22. The minimum Gasteiger partial charge on any atom is -0.497 e. The van der Waals surface area contributed by atoms with Crippen molar-refractivity contribution < 1.29 is 19.1 Å². The van der Waals surface area contributed by atoms with Crippen LogP contribution in [0.4, 0.5) is 4.79 Å². The van der Waals surface area contributed by atoms with E-state index < -0.39 is 23.4 Å². The third-order valence-electron chi connectivity index (χ3n) is 5.27. The molecule has 10 nitrogen and oxygen atoms in total. The maximum absolute atomic E-state index is 13.1. The Hall–Kier alpha value is -3.64. The molecule has 0 aliphatic carbocycles. The minimum absolute atomic E-state index is 0.173. The molecule has 0 bridgehead atoms. The van der Waals surface area contributed by atoms with Crippen LogP contribution in [0, 0.1) is 0 Å². The van der Waals surface area contributed by atoms with Crippen LogP contribution in [0.5, 0.6) is 5.75 Å². The summed E-state index contributed by atoms with van der Waals surface area (Å²) in [5.41, 5.74) is 1.26. The van der Waals surface area contributed by atoms with Gasteiger partial charge in [-0.3, -0.25) is 24.4 Å². The molecular weight excluding hydrogens is 478 g/mol. The molecule has 1 saturated heterocycles. The number of aromatic nitrogens is 2. The van der Waals surface area contributed by atoms with E-state index in [4.69, 9.17) is 4.74 Å². The van der Waals surface area contributed by atoms with Gasteiger partial charge in [-0.05, 0) is 36.1 Å². The fourth-order valence-electron chi connectivity index (χ4n) is 3.49. The number of ether oxygens (including phenoxy) is 1. The molecule has 1 aromatic carbocycles. The number of imide groups is 1. The standard InChI is InChI=1S/C22H21N5O5S2/c1-4-9-26-18(29)15-8-10-33-17(15)23-21(26)34-12-16(28)25-27-19(30)22(2,24-20(27)31)13-6-5-7-14(11-13)32-3/h4-8,10-11H,1,9,12H2,2-3H3,(H,24,31)(H,25,28). The molecule has 1 unspecified atom stereocenters. The average Bonchev–Trinajstić information content (AvgIpc) is 3.39. The smallest absolute Gasteiger partial charge is 0.344 e. The van der Waals surface area contributed by atoms with E-state index in [9.17, 15) is 19.2 Å². The topological polar surface area (TPSA) is 123 Å². The van der Waals surface area contributed by atoms with Crippen LogP contribution in [-0.2, 0) is 21.7 Å². The van der Waals surface area contributed by atoms with E-state index in [-0.39, 0.29) is 17.9 Å². The molecule has 12 heteroatoms. The number of hydrazine groups is 1. The molecule has 4 amide bonds. The summed E-state index contributed by atoms with van der Waals surface area (Å²) in [5.74, 6) is -0.881. The Bertz CT molecular complexity index is 1370. The minimum atomic E-state index is -1.37. The monoisotopic (exact) mass is 499 g/mol. The number of hydrogen-bond acceptors (Lipinski definition) is 8. The van der Waals surface area contributed by atoms with Gasteiger partial charge in [0.25, 0.3) is 11.5 Å². The van der Waals surface area contributed by atoms with E-state index in [1.807, 2.05) is 0 Å². The highest BCUT2D eigenvalue weighted by Gasteiger charge is 2.50. The Morgan fingerprint density at radius 3 is 2.88 bits per heavy atom. The number of nitrogens with zero attached hydrogens (tertiary/aromatic N) is 3. The quantitative estimate of drug-likeness (QED) is 0.211. The van der Waals surface area contributed by atoms with E-state index in [1.165, 1.54) is 23.0 Å². The number of methoxy groups -OCH3 is 1. The normalized spacial score (nSPS) is 17.6. The molecular formula is C22H21N5O5S2. The highest BCUT2D eigenvalue weighted by atomic mass is 32.2. The van der Waals surface area contributed by atoms with Crippen LogP contribution in [0.25, 0.3) is 10.2 Å². The lowest BCUT2D eigenvalue weighted by atomic mass is 9.92. The molecule has 1 aliphatic rings. The van der Waals surface area contributed by atoms with Crippen LogP contribution in [0.3, 0.4) is 0 Å². The predicted molar refractivity (Wildman–Crippen MR) is 129 cm³/mol. The van der Waals surface area contributed by atoms with Gasteiger partial charge >= 0.3 is 6.03 Å². The van der Waals surface area contributed by atoms with Crippen LogP contribution >= 0.6 is 23.1 Å². The number of nitrogens with one attached hydrogen (secondary N) is 2. The molecule has 0 saturated carbocycles. The molecule has 2 aromatic heterocycles. The number of allylic oxidation sites excluding steroid dienone is 1. The Morgan fingerprint density at radius 2 is 2.15 bits per heavy atom. The summed E-state index contributed by atoms with van der Waals surface area (Å²) in [5, 5.41) is 5.89. The van der Waals surface area contributed by atoms with Gasteiger partial charge in [-0.15, -0.1) is 17.9 Å². The molecule has 176 valence electrons. The van der Waals surface area contributed by atoms with Crippen molar-refractivity contribution in [2.75, 3.05) is 12.9 Å². The zero-order valence-electron chi connectivity index (χ0n) is 18.4. The number of urea groups is 1. The Labute approximate surface area is 202 Å². The first-order valence-corrected chi connectivity index (χ1v) is 12.0. The summed E-state index contributed by atoms with van der Waals surface area (Å²) in [7, 11) is 1.50. The summed E-state index contributed by atoms with van der Waals surface area (Å²) in [4.78, 5) is 55.9. The van der Waals surface area contributed by atoms with Crippen molar-refractivity contribution in [3.63, 3.8) is 0 Å². The van der Waals surface area contributed by atoms with E-state index in [2.05, 4.69) is 22.3 Å². The molecule has 1 aliphatic heterocycles. The van der Waals surface area contributed by atoms with Crippen molar-refractivity contribution >= 4 is 51.2 Å². The van der Waals surface area contributed by atoms with Crippen LogP contribution in [0.1, 0.15) is 12.5 Å². The number of fused-ring (bicyclic) bond motifs is 1. The molecule has 1 fully saturated rings. The summed E-state index contributed by atoms with van der Waals surface area (Å²) < 4.78 is 6.62. The second-order valence-corrected chi connectivity index (χ2v) is 9.33. The number of amides is 4.